The number of hydrogen-bond donors (Lipinski definition) is 2. The van der Waals surface area contributed by atoms with Crippen LogP contribution in [0.3, 0.4) is 0 Å². The van der Waals surface area contributed by atoms with Crippen LogP contribution in [0.4, 0.5) is 24.5 Å². The van der Waals surface area contributed by atoms with Gasteiger partial charge in [0.15, 0.2) is 0 Å². The monoisotopic (exact) mass is 807 g/mol. The van der Waals surface area contributed by atoms with Crippen LogP contribution in [-0.2, 0) is 22.6 Å². The molecule has 59 heavy (non-hydrogen) atoms. The molecule has 3 amide bonds. The number of nitrogens with zero attached hydrogens (tertiary/aromatic N) is 4. The van der Waals surface area contributed by atoms with Gasteiger partial charge in [0.05, 0.1) is 0 Å². The topological polar surface area (TPSA) is 106 Å². The predicted octanol–water partition coefficient (Wildman–Crippen LogP) is 6.95. The van der Waals surface area contributed by atoms with Crippen LogP contribution in [0.2, 0.25) is 0 Å². The van der Waals surface area contributed by atoms with Gasteiger partial charge in [-0.05, 0) is 126 Å². The molecule has 4 aromatic carbocycles. The van der Waals surface area contributed by atoms with E-state index >= 15 is 0 Å². The van der Waals surface area contributed by atoms with Crippen molar-refractivity contribution in [2.45, 2.75) is 69.3 Å². The van der Waals surface area contributed by atoms with E-state index in [1.807, 2.05) is 24.3 Å². The molecule has 0 bridgehead atoms. The molecule has 308 valence electrons. The average molecular weight is 808 g/mol. The minimum Gasteiger partial charge on any atom is -0.508 e. The van der Waals surface area contributed by atoms with Crippen LogP contribution >= 0.6 is 0 Å². The molecule has 0 aromatic heterocycles. The number of amides is 3. The number of imide groups is 1. The lowest BCUT2D eigenvalue weighted by atomic mass is 9.69. The number of nitrogens with one attached hydrogen (secondary N) is 1. The molecule has 3 atom stereocenters. The Morgan fingerprint density at radius 2 is 1.47 bits per heavy atom. The fourth-order valence-electron chi connectivity index (χ4n) is 10.1. The first-order valence-corrected chi connectivity index (χ1v) is 20.7. The molecule has 4 heterocycles. The number of piperazine rings is 1. The number of ether oxygens (including phenoxy) is 1. The van der Waals surface area contributed by atoms with Crippen molar-refractivity contribution in [3.63, 3.8) is 0 Å². The van der Waals surface area contributed by atoms with Crippen LogP contribution in [0, 0.1) is 5.92 Å². The third-order valence-corrected chi connectivity index (χ3v) is 13.1. The highest BCUT2D eigenvalue weighted by molar-refractivity contribution is 6.05. The molecule has 1 aliphatic carbocycles. The highest BCUT2D eigenvalue weighted by Gasteiger charge is 2.40. The van der Waals surface area contributed by atoms with Crippen LogP contribution in [0.25, 0.3) is 0 Å². The smallest absolute Gasteiger partial charge is 0.508 e. The van der Waals surface area contributed by atoms with Crippen molar-refractivity contribution < 1.29 is 37.4 Å². The Morgan fingerprint density at radius 3 is 2.22 bits per heavy atom. The van der Waals surface area contributed by atoms with Crippen LogP contribution in [0.1, 0.15) is 82.1 Å². The quantitative estimate of drug-likeness (QED) is 0.185. The summed E-state index contributed by atoms with van der Waals surface area (Å²) in [6.45, 7) is 7.09. The first-order chi connectivity index (χ1) is 28.5. The Hall–Kier alpha value is -5.56. The number of alkyl halides is 3. The van der Waals surface area contributed by atoms with E-state index in [-0.39, 0.29) is 41.6 Å². The van der Waals surface area contributed by atoms with E-state index in [4.69, 9.17) is 0 Å². The van der Waals surface area contributed by atoms with Crippen molar-refractivity contribution in [2.75, 3.05) is 55.6 Å². The Kier molecular flexibility index (Phi) is 10.5. The van der Waals surface area contributed by atoms with Gasteiger partial charge in [-0.2, -0.15) is 0 Å². The number of benzene rings is 4. The second-order valence-electron chi connectivity index (χ2n) is 16.7. The number of anilines is 2. The van der Waals surface area contributed by atoms with Gasteiger partial charge in [-0.1, -0.05) is 30.3 Å². The van der Waals surface area contributed by atoms with Gasteiger partial charge in [0.2, 0.25) is 11.8 Å². The van der Waals surface area contributed by atoms with Gasteiger partial charge in [-0.3, -0.25) is 24.6 Å². The Morgan fingerprint density at radius 1 is 0.729 bits per heavy atom. The number of halogens is 3. The molecule has 3 fully saturated rings. The molecule has 10 nitrogen and oxygen atoms in total. The van der Waals surface area contributed by atoms with Crippen LogP contribution in [0.15, 0.2) is 84.9 Å². The van der Waals surface area contributed by atoms with Gasteiger partial charge in [-0.15, -0.1) is 13.2 Å². The number of aryl methyl sites for hydroxylation is 1. The summed E-state index contributed by atoms with van der Waals surface area (Å²) in [4.78, 5) is 46.2. The maximum Gasteiger partial charge on any atom is 0.573 e. The lowest BCUT2D eigenvalue weighted by molar-refractivity contribution is -0.274. The van der Waals surface area contributed by atoms with Gasteiger partial charge in [0, 0.05) is 81.6 Å². The Bertz CT molecular complexity index is 2230. The fraction of sp³-hybridized carbons (Fsp3) is 0.413. The molecular formula is C46H48F3N5O5. The van der Waals surface area contributed by atoms with Crippen LogP contribution in [0.5, 0.6) is 11.5 Å². The summed E-state index contributed by atoms with van der Waals surface area (Å²) in [7, 11) is 0. The minimum absolute atomic E-state index is 0.0656. The summed E-state index contributed by atoms with van der Waals surface area (Å²) in [5.74, 6) is -0.401. The molecule has 0 spiro atoms. The normalized spacial score (nSPS) is 22.9. The zero-order valence-corrected chi connectivity index (χ0v) is 32.8. The van der Waals surface area contributed by atoms with Gasteiger partial charge in [0.25, 0.3) is 5.91 Å². The number of carbonyl (C=O) groups is 3. The SMILES string of the molecule is O=C1CC[C@H](N2Cc3cc(N4CCN(CC5CCN(c6ccc([C@@H]7c8ccc(O)cc8CC[C@@H]7c7cccc(OC(F)(F)F)c7)cc6)CC5)CC4)ccc3C2=O)C(=O)N1. The molecule has 4 aliphatic heterocycles. The van der Waals surface area contributed by atoms with E-state index in [2.05, 4.69) is 55.1 Å². The molecule has 0 radical (unpaired) electrons. The van der Waals surface area contributed by atoms with Gasteiger partial charge in [-0.25, -0.2) is 0 Å². The number of phenolic OH excluding ortho intramolecular Hbond substituents is 1. The lowest BCUT2D eigenvalue weighted by Crippen LogP contribution is -2.52. The molecule has 3 saturated heterocycles. The van der Waals surface area contributed by atoms with E-state index in [1.54, 1.807) is 23.1 Å². The van der Waals surface area contributed by atoms with Crippen molar-refractivity contribution in [1.29, 1.82) is 0 Å². The molecule has 0 saturated carbocycles. The molecular weight excluding hydrogens is 760 g/mol. The number of hydrogen-bond acceptors (Lipinski definition) is 8. The van der Waals surface area contributed by atoms with Crippen molar-refractivity contribution in [1.82, 2.24) is 15.1 Å². The number of aromatic hydroxyl groups is 1. The van der Waals surface area contributed by atoms with Gasteiger partial charge < -0.3 is 24.5 Å². The summed E-state index contributed by atoms with van der Waals surface area (Å²) in [6, 6.07) is 25.8. The summed E-state index contributed by atoms with van der Waals surface area (Å²) < 4.78 is 43.6. The van der Waals surface area contributed by atoms with E-state index < -0.39 is 18.3 Å². The van der Waals surface area contributed by atoms with Gasteiger partial charge in [0.1, 0.15) is 17.5 Å². The number of piperidine rings is 2. The first-order valence-electron chi connectivity index (χ1n) is 20.7. The lowest BCUT2D eigenvalue weighted by Gasteiger charge is -2.40. The van der Waals surface area contributed by atoms with Crippen molar-refractivity contribution in [2.24, 2.45) is 5.92 Å². The molecule has 4 aromatic rings. The second-order valence-corrected chi connectivity index (χ2v) is 16.7. The number of phenols is 1. The fourth-order valence-corrected chi connectivity index (χ4v) is 10.1. The Labute approximate surface area is 341 Å². The summed E-state index contributed by atoms with van der Waals surface area (Å²) >= 11 is 0. The number of rotatable bonds is 8. The highest BCUT2D eigenvalue weighted by Crippen LogP contribution is 2.48. The largest absolute Gasteiger partial charge is 0.573 e. The molecule has 0 unspecified atom stereocenters. The van der Waals surface area contributed by atoms with Crippen molar-refractivity contribution >= 4 is 29.1 Å². The highest BCUT2D eigenvalue weighted by atomic mass is 19.4. The maximum atomic E-state index is 13.2. The van der Waals surface area contributed by atoms with Crippen LogP contribution < -0.4 is 19.9 Å². The molecule has 5 aliphatic rings. The van der Waals surface area contributed by atoms with E-state index in [0.717, 1.165) is 104 Å². The maximum absolute atomic E-state index is 13.2. The summed E-state index contributed by atoms with van der Waals surface area (Å²) in [5, 5.41) is 12.6. The summed E-state index contributed by atoms with van der Waals surface area (Å²) in [5.41, 5.74) is 7.83. The molecule has 9 rings (SSSR count). The van der Waals surface area contributed by atoms with Crippen molar-refractivity contribution in [3.05, 3.63) is 118 Å². The van der Waals surface area contributed by atoms with E-state index in [9.17, 15) is 32.7 Å². The van der Waals surface area contributed by atoms with E-state index in [1.165, 1.54) is 12.1 Å². The summed E-state index contributed by atoms with van der Waals surface area (Å²) in [6.07, 6.45) is -0.536. The number of fused-ring (bicyclic) bond motifs is 2. The third kappa shape index (κ3) is 8.21. The molecule has 2 N–H and O–H groups in total. The van der Waals surface area contributed by atoms with Crippen LogP contribution in [-0.4, -0.2) is 90.8 Å². The third-order valence-electron chi connectivity index (χ3n) is 13.1. The average Bonchev–Trinajstić information content (AvgIpc) is 3.55. The predicted molar refractivity (Wildman–Crippen MR) is 217 cm³/mol. The first kappa shape index (κ1) is 38.9. The zero-order valence-electron chi connectivity index (χ0n) is 32.8. The zero-order chi connectivity index (χ0) is 40.8. The second kappa shape index (κ2) is 15.9. The Balaban J connectivity index is 0.794. The number of carbonyl (C=O) groups excluding carboxylic acids is 3. The minimum atomic E-state index is -4.77. The van der Waals surface area contributed by atoms with Gasteiger partial charge >= 0.3 is 6.36 Å². The van der Waals surface area contributed by atoms with E-state index in [0.29, 0.717) is 30.9 Å². The standard InChI is InChI=1S/C46H48F3N5O5/c47-46(48,49)59-37-3-1-2-31(26-37)38-11-6-32-25-36(55)10-13-39(32)43(38)30-4-7-34(8-5-30)52-18-16-29(17-19-52)27-51-20-22-53(23-21-51)35-9-12-40-33(24-35)28-54(45(40)58)41-14-15-42(56)50-44(41)57/h1-5,7-10,12-13,24-26,29,38,41,43,55H,6,11,14-23,27-28H2,(H,50,56,57)/t38-,41+,43+/m1/s1. The van der Waals surface area contributed by atoms with Crippen molar-refractivity contribution in [3.8, 4) is 11.5 Å². The molecule has 13 heteroatoms.